The van der Waals surface area contributed by atoms with Gasteiger partial charge < -0.3 is 10.0 Å². The number of aromatic nitrogens is 1. The molecule has 5 heteroatoms. The Hall–Kier alpha value is -2.59. The number of fused-ring (bicyclic) bond motifs is 1. The molecule has 3 aromatic rings. The summed E-state index contributed by atoms with van der Waals surface area (Å²) in [7, 11) is 0. The van der Waals surface area contributed by atoms with Crippen molar-refractivity contribution in [1.29, 1.82) is 0 Å². The Bertz CT molecular complexity index is 934. The van der Waals surface area contributed by atoms with Gasteiger partial charge in [0.05, 0.1) is 11.1 Å². The number of carboxylic acid groups (broad SMARTS) is 1. The van der Waals surface area contributed by atoms with Gasteiger partial charge in [0.15, 0.2) is 0 Å². The van der Waals surface area contributed by atoms with Crippen LogP contribution in [0, 0.1) is 5.92 Å². The lowest BCUT2D eigenvalue weighted by Crippen LogP contribution is -2.47. The Morgan fingerprint density at radius 2 is 1.92 bits per heavy atom. The highest BCUT2D eigenvalue weighted by Gasteiger charge is 2.27. The van der Waals surface area contributed by atoms with E-state index < -0.39 is 5.97 Å². The molecule has 1 fully saturated rings. The zero-order valence-electron chi connectivity index (χ0n) is 13.5. The zero-order chi connectivity index (χ0) is 17.4. The van der Waals surface area contributed by atoms with Gasteiger partial charge >= 0.3 is 5.97 Å². The van der Waals surface area contributed by atoms with Crippen LogP contribution in [-0.2, 0) is 6.42 Å². The lowest BCUT2D eigenvalue weighted by molar-refractivity contribution is 0.0699. The summed E-state index contributed by atoms with van der Waals surface area (Å²) in [6.07, 6.45) is 2.57. The Morgan fingerprint density at radius 3 is 2.64 bits per heavy atom. The molecule has 0 spiro atoms. The van der Waals surface area contributed by atoms with E-state index in [1.807, 2.05) is 30.3 Å². The van der Waals surface area contributed by atoms with E-state index in [1.54, 1.807) is 6.07 Å². The van der Waals surface area contributed by atoms with Crippen molar-refractivity contribution in [3.63, 3.8) is 0 Å². The summed E-state index contributed by atoms with van der Waals surface area (Å²) in [5.74, 6) is -0.321. The topological polar surface area (TPSA) is 53.4 Å². The lowest BCUT2D eigenvalue weighted by Gasteiger charge is -2.41. The van der Waals surface area contributed by atoms with Crippen molar-refractivity contribution in [3.05, 3.63) is 70.9 Å². The van der Waals surface area contributed by atoms with Crippen LogP contribution in [0.1, 0.15) is 15.9 Å². The van der Waals surface area contributed by atoms with Gasteiger partial charge in [-0.1, -0.05) is 23.7 Å². The predicted octanol–water partition coefficient (Wildman–Crippen LogP) is 4.27. The van der Waals surface area contributed by atoms with Crippen LogP contribution in [0.3, 0.4) is 0 Å². The van der Waals surface area contributed by atoms with Crippen LogP contribution in [0.15, 0.2) is 54.7 Å². The number of pyridine rings is 1. The highest BCUT2D eigenvalue weighted by molar-refractivity contribution is 6.30. The molecular formula is C20H17ClN2O2. The largest absolute Gasteiger partial charge is 0.478 e. The molecule has 4 rings (SSSR count). The first-order valence-electron chi connectivity index (χ1n) is 8.21. The quantitative estimate of drug-likeness (QED) is 0.762. The van der Waals surface area contributed by atoms with E-state index >= 15 is 0 Å². The van der Waals surface area contributed by atoms with Crippen molar-refractivity contribution in [2.75, 3.05) is 18.0 Å². The van der Waals surface area contributed by atoms with Gasteiger partial charge in [0, 0.05) is 35.4 Å². The van der Waals surface area contributed by atoms with Crippen molar-refractivity contribution >= 4 is 34.2 Å². The van der Waals surface area contributed by atoms with E-state index in [4.69, 9.17) is 11.6 Å². The molecule has 0 saturated carbocycles. The van der Waals surface area contributed by atoms with Gasteiger partial charge in [0.25, 0.3) is 0 Å². The number of nitrogens with zero attached hydrogens (tertiary/aromatic N) is 2. The van der Waals surface area contributed by atoms with E-state index in [0.717, 1.165) is 30.2 Å². The standard InChI is InChI=1S/C20H17ClN2O2/c21-15-3-1-13(2-4-15)9-14-11-23(12-14)16-5-6-19-18(10-16)17(20(24)25)7-8-22-19/h1-8,10,14H,9,11-12H2,(H,24,25). The maximum absolute atomic E-state index is 11.4. The van der Waals surface area contributed by atoms with Crippen LogP contribution in [0.4, 0.5) is 5.69 Å². The smallest absolute Gasteiger partial charge is 0.336 e. The van der Waals surface area contributed by atoms with E-state index in [9.17, 15) is 9.90 Å². The van der Waals surface area contributed by atoms with Gasteiger partial charge in [-0.05, 0) is 54.3 Å². The molecule has 2 aromatic carbocycles. The van der Waals surface area contributed by atoms with Gasteiger partial charge in [0.1, 0.15) is 0 Å². The maximum Gasteiger partial charge on any atom is 0.336 e. The number of anilines is 1. The normalized spacial score (nSPS) is 14.5. The third-order valence-corrected chi connectivity index (χ3v) is 4.97. The molecule has 0 aliphatic carbocycles. The second kappa shape index (κ2) is 6.37. The van der Waals surface area contributed by atoms with Gasteiger partial charge in [-0.2, -0.15) is 0 Å². The number of benzene rings is 2. The average Bonchev–Trinajstić information content (AvgIpc) is 2.58. The number of aromatic carboxylic acids is 1. The zero-order valence-corrected chi connectivity index (χ0v) is 14.3. The molecular weight excluding hydrogens is 336 g/mol. The van der Waals surface area contributed by atoms with Crippen molar-refractivity contribution in [3.8, 4) is 0 Å². The highest BCUT2D eigenvalue weighted by Crippen LogP contribution is 2.30. The molecule has 25 heavy (non-hydrogen) atoms. The van der Waals surface area contributed by atoms with E-state index in [0.29, 0.717) is 22.4 Å². The highest BCUT2D eigenvalue weighted by atomic mass is 35.5. The van der Waals surface area contributed by atoms with Crippen LogP contribution in [-0.4, -0.2) is 29.1 Å². The average molecular weight is 353 g/mol. The fourth-order valence-corrected chi connectivity index (χ4v) is 3.51. The summed E-state index contributed by atoms with van der Waals surface area (Å²) in [5, 5.41) is 10.8. The van der Waals surface area contributed by atoms with E-state index in [-0.39, 0.29) is 0 Å². The van der Waals surface area contributed by atoms with E-state index in [2.05, 4.69) is 22.0 Å². The van der Waals surface area contributed by atoms with Gasteiger partial charge in [0.2, 0.25) is 0 Å². The van der Waals surface area contributed by atoms with Gasteiger partial charge in [-0.15, -0.1) is 0 Å². The first-order valence-corrected chi connectivity index (χ1v) is 8.59. The molecule has 1 aliphatic rings. The van der Waals surface area contributed by atoms with Crippen molar-refractivity contribution in [2.45, 2.75) is 6.42 Å². The molecule has 4 nitrogen and oxygen atoms in total. The SMILES string of the molecule is O=C(O)c1ccnc2ccc(N3CC(Cc4ccc(Cl)cc4)C3)cc12. The van der Waals surface area contributed by atoms with E-state index in [1.165, 1.54) is 11.8 Å². The number of rotatable bonds is 4. The molecule has 1 aromatic heterocycles. The Morgan fingerprint density at radius 1 is 1.16 bits per heavy atom. The molecule has 126 valence electrons. The third kappa shape index (κ3) is 3.17. The predicted molar refractivity (Wildman–Crippen MR) is 99.6 cm³/mol. The summed E-state index contributed by atoms with van der Waals surface area (Å²) in [6, 6.07) is 15.4. The molecule has 1 saturated heterocycles. The third-order valence-electron chi connectivity index (χ3n) is 4.72. The summed E-state index contributed by atoms with van der Waals surface area (Å²) in [4.78, 5) is 17.9. The molecule has 0 bridgehead atoms. The molecule has 0 unspecified atom stereocenters. The number of halogens is 1. The molecule has 0 atom stereocenters. The minimum Gasteiger partial charge on any atom is -0.478 e. The fourth-order valence-electron chi connectivity index (χ4n) is 3.38. The molecule has 0 radical (unpaired) electrons. The van der Waals surface area contributed by atoms with Crippen LogP contribution >= 0.6 is 11.6 Å². The molecule has 2 heterocycles. The lowest BCUT2D eigenvalue weighted by atomic mass is 9.91. The molecule has 1 N–H and O–H groups in total. The van der Waals surface area contributed by atoms with Crippen LogP contribution in [0.2, 0.25) is 5.02 Å². The Kier molecular flexibility index (Phi) is 4.06. The minimum atomic E-state index is -0.922. The minimum absolute atomic E-state index is 0.296. The number of hydrogen-bond donors (Lipinski definition) is 1. The second-order valence-electron chi connectivity index (χ2n) is 6.47. The number of carboxylic acids is 1. The number of hydrogen-bond acceptors (Lipinski definition) is 3. The van der Waals surface area contributed by atoms with Crippen molar-refractivity contribution < 1.29 is 9.90 Å². The monoisotopic (exact) mass is 352 g/mol. The first-order chi connectivity index (χ1) is 12.1. The van der Waals surface area contributed by atoms with Gasteiger partial charge in [-0.3, -0.25) is 4.98 Å². The molecule has 0 amide bonds. The van der Waals surface area contributed by atoms with Crippen molar-refractivity contribution in [2.24, 2.45) is 5.92 Å². The number of carbonyl (C=O) groups is 1. The first kappa shape index (κ1) is 15.9. The van der Waals surface area contributed by atoms with Crippen LogP contribution in [0.5, 0.6) is 0 Å². The van der Waals surface area contributed by atoms with Gasteiger partial charge in [-0.25, -0.2) is 4.79 Å². The maximum atomic E-state index is 11.4. The Labute approximate surface area is 150 Å². The van der Waals surface area contributed by atoms with Crippen LogP contribution in [0.25, 0.3) is 10.9 Å². The fraction of sp³-hybridized carbons (Fsp3) is 0.200. The van der Waals surface area contributed by atoms with Crippen LogP contribution < -0.4 is 4.90 Å². The Balaban J connectivity index is 1.49. The summed E-state index contributed by atoms with van der Waals surface area (Å²) < 4.78 is 0. The second-order valence-corrected chi connectivity index (χ2v) is 6.90. The summed E-state index contributed by atoms with van der Waals surface area (Å²) >= 11 is 5.93. The summed E-state index contributed by atoms with van der Waals surface area (Å²) in [6.45, 7) is 1.94. The summed E-state index contributed by atoms with van der Waals surface area (Å²) in [5.41, 5.74) is 3.35. The molecule has 1 aliphatic heterocycles. The van der Waals surface area contributed by atoms with Crippen molar-refractivity contribution in [1.82, 2.24) is 4.98 Å².